The van der Waals surface area contributed by atoms with Gasteiger partial charge >= 0.3 is 0 Å². The van der Waals surface area contributed by atoms with Crippen molar-refractivity contribution in [2.45, 2.75) is 6.92 Å². The van der Waals surface area contributed by atoms with E-state index in [1.54, 1.807) is 12.1 Å². The fourth-order valence-corrected chi connectivity index (χ4v) is 0.851. The Morgan fingerprint density at radius 2 is 2.25 bits per heavy atom. The number of hydrogen-bond acceptors (Lipinski definition) is 3. The van der Waals surface area contributed by atoms with E-state index in [9.17, 15) is 4.79 Å². The molecule has 2 N–H and O–H groups in total. The molecular weight excluding hydrogens is 152 g/mol. The molecule has 0 aliphatic carbocycles. The molecule has 0 unspecified atom stereocenters. The fourth-order valence-electron chi connectivity index (χ4n) is 0.851. The number of allylic oxidation sites excluding steroid dienone is 1. The Morgan fingerprint density at radius 1 is 1.50 bits per heavy atom. The van der Waals surface area contributed by atoms with E-state index in [-0.39, 0.29) is 0 Å². The SMILES string of the molecule is Cc1ccc(N)c(C=CC=O)n1. The van der Waals surface area contributed by atoms with Crippen LogP contribution in [0, 0.1) is 6.92 Å². The highest BCUT2D eigenvalue weighted by Gasteiger charge is 1.95. The summed E-state index contributed by atoms with van der Waals surface area (Å²) in [6, 6.07) is 3.60. The Labute approximate surface area is 70.9 Å². The summed E-state index contributed by atoms with van der Waals surface area (Å²) in [5.41, 5.74) is 7.71. The maximum atomic E-state index is 10.0. The second-order valence-electron chi connectivity index (χ2n) is 2.42. The minimum absolute atomic E-state index is 0.582. The number of aryl methyl sites for hydroxylation is 1. The van der Waals surface area contributed by atoms with E-state index in [2.05, 4.69) is 4.98 Å². The second-order valence-corrected chi connectivity index (χ2v) is 2.42. The number of nitrogens with two attached hydrogens (primary N) is 1. The van der Waals surface area contributed by atoms with E-state index < -0.39 is 0 Å². The van der Waals surface area contributed by atoms with Crippen LogP contribution in [-0.2, 0) is 4.79 Å². The summed E-state index contributed by atoms with van der Waals surface area (Å²) in [5.74, 6) is 0. The van der Waals surface area contributed by atoms with Gasteiger partial charge < -0.3 is 5.73 Å². The number of pyridine rings is 1. The van der Waals surface area contributed by atoms with Crippen LogP contribution in [0.2, 0.25) is 0 Å². The molecule has 1 aromatic heterocycles. The summed E-state index contributed by atoms with van der Waals surface area (Å²) in [7, 11) is 0. The number of aldehydes is 1. The lowest BCUT2D eigenvalue weighted by Crippen LogP contribution is -1.93. The van der Waals surface area contributed by atoms with E-state index in [4.69, 9.17) is 5.73 Å². The number of hydrogen-bond donors (Lipinski definition) is 1. The van der Waals surface area contributed by atoms with Gasteiger partial charge in [-0.05, 0) is 31.2 Å². The first-order chi connectivity index (χ1) is 5.74. The van der Waals surface area contributed by atoms with Crippen LogP contribution in [0.5, 0.6) is 0 Å². The average molecular weight is 162 g/mol. The summed E-state index contributed by atoms with van der Waals surface area (Å²) >= 11 is 0. The van der Waals surface area contributed by atoms with Crippen LogP contribution in [-0.4, -0.2) is 11.3 Å². The zero-order valence-corrected chi connectivity index (χ0v) is 6.82. The molecule has 0 radical (unpaired) electrons. The van der Waals surface area contributed by atoms with Crippen LogP contribution in [0.25, 0.3) is 6.08 Å². The average Bonchev–Trinajstić information content (AvgIpc) is 2.07. The summed E-state index contributed by atoms with van der Waals surface area (Å²) in [5, 5.41) is 0. The van der Waals surface area contributed by atoms with E-state index in [1.807, 2.05) is 13.0 Å². The van der Waals surface area contributed by atoms with Crippen LogP contribution in [0.4, 0.5) is 5.69 Å². The molecule has 62 valence electrons. The van der Waals surface area contributed by atoms with Crippen molar-refractivity contribution in [2.75, 3.05) is 5.73 Å². The van der Waals surface area contributed by atoms with Crippen LogP contribution in [0.3, 0.4) is 0 Å². The van der Waals surface area contributed by atoms with Gasteiger partial charge in [0.15, 0.2) is 0 Å². The van der Waals surface area contributed by atoms with Gasteiger partial charge in [-0.3, -0.25) is 9.78 Å². The normalized spacial score (nSPS) is 10.4. The lowest BCUT2D eigenvalue weighted by molar-refractivity contribution is -0.104. The first-order valence-electron chi connectivity index (χ1n) is 3.59. The molecule has 1 aromatic rings. The van der Waals surface area contributed by atoms with Gasteiger partial charge in [0.1, 0.15) is 6.29 Å². The topological polar surface area (TPSA) is 56.0 Å². The van der Waals surface area contributed by atoms with Crippen molar-refractivity contribution in [1.82, 2.24) is 4.98 Å². The fraction of sp³-hybridized carbons (Fsp3) is 0.111. The molecule has 0 aliphatic heterocycles. The van der Waals surface area contributed by atoms with Gasteiger partial charge in [-0.25, -0.2) is 0 Å². The maximum absolute atomic E-state index is 10.0. The van der Waals surface area contributed by atoms with E-state index in [0.717, 1.165) is 5.69 Å². The molecule has 0 saturated heterocycles. The highest BCUT2D eigenvalue weighted by Crippen LogP contribution is 2.10. The van der Waals surface area contributed by atoms with Gasteiger partial charge in [-0.1, -0.05) is 0 Å². The van der Waals surface area contributed by atoms with Gasteiger partial charge in [0.05, 0.1) is 11.4 Å². The number of aromatic nitrogens is 1. The van der Waals surface area contributed by atoms with Gasteiger partial charge in [0, 0.05) is 5.69 Å². The Hall–Kier alpha value is -1.64. The van der Waals surface area contributed by atoms with Gasteiger partial charge in [0.2, 0.25) is 0 Å². The molecule has 0 atom stereocenters. The number of carbonyl (C=O) groups excluding carboxylic acids is 1. The molecule has 0 fully saturated rings. The largest absolute Gasteiger partial charge is 0.397 e. The minimum Gasteiger partial charge on any atom is -0.397 e. The van der Waals surface area contributed by atoms with Crippen LogP contribution in [0.15, 0.2) is 18.2 Å². The minimum atomic E-state index is 0.582. The third kappa shape index (κ3) is 1.92. The van der Waals surface area contributed by atoms with E-state index in [0.29, 0.717) is 17.7 Å². The summed E-state index contributed by atoms with van der Waals surface area (Å²) in [6.07, 6.45) is 3.66. The lowest BCUT2D eigenvalue weighted by atomic mass is 10.2. The van der Waals surface area contributed by atoms with Crippen molar-refractivity contribution in [3.63, 3.8) is 0 Å². The number of rotatable bonds is 2. The highest BCUT2D eigenvalue weighted by atomic mass is 16.1. The Kier molecular flexibility index (Phi) is 2.58. The third-order valence-electron chi connectivity index (χ3n) is 1.43. The monoisotopic (exact) mass is 162 g/mol. The lowest BCUT2D eigenvalue weighted by Gasteiger charge is -1.99. The molecule has 3 heteroatoms. The molecule has 3 nitrogen and oxygen atoms in total. The van der Waals surface area contributed by atoms with E-state index in [1.165, 1.54) is 6.08 Å². The summed E-state index contributed by atoms with van der Waals surface area (Å²) in [4.78, 5) is 14.2. The molecule has 1 heterocycles. The number of nitrogens with zero attached hydrogens (tertiary/aromatic N) is 1. The standard InChI is InChI=1S/C9H10N2O/c1-7-4-5-8(10)9(11-7)3-2-6-12/h2-6H,10H2,1H3. The van der Waals surface area contributed by atoms with Crippen LogP contribution >= 0.6 is 0 Å². The van der Waals surface area contributed by atoms with Crippen molar-refractivity contribution < 1.29 is 4.79 Å². The smallest absolute Gasteiger partial charge is 0.142 e. The molecular formula is C9H10N2O. The molecule has 0 saturated carbocycles. The predicted octanol–water partition coefficient (Wildman–Crippen LogP) is 1.18. The van der Waals surface area contributed by atoms with Crippen molar-refractivity contribution in [3.05, 3.63) is 29.6 Å². The van der Waals surface area contributed by atoms with Gasteiger partial charge in [-0.2, -0.15) is 0 Å². The molecule has 0 aliphatic rings. The van der Waals surface area contributed by atoms with Crippen molar-refractivity contribution in [1.29, 1.82) is 0 Å². The van der Waals surface area contributed by atoms with Crippen LogP contribution < -0.4 is 5.73 Å². The third-order valence-corrected chi connectivity index (χ3v) is 1.43. The Bertz CT molecular complexity index is 318. The Balaban J connectivity index is 3.04. The number of nitrogen functional groups attached to an aromatic ring is 1. The zero-order chi connectivity index (χ0) is 8.97. The Morgan fingerprint density at radius 3 is 2.92 bits per heavy atom. The number of anilines is 1. The quantitative estimate of drug-likeness (QED) is 0.524. The van der Waals surface area contributed by atoms with Crippen molar-refractivity contribution in [2.24, 2.45) is 0 Å². The summed E-state index contributed by atoms with van der Waals surface area (Å²) in [6.45, 7) is 1.87. The predicted molar refractivity (Wildman–Crippen MR) is 48.5 cm³/mol. The molecule has 0 bridgehead atoms. The van der Waals surface area contributed by atoms with Gasteiger partial charge in [-0.15, -0.1) is 0 Å². The highest BCUT2D eigenvalue weighted by molar-refractivity contribution is 5.75. The molecule has 0 aromatic carbocycles. The van der Waals surface area contributed by atoms with Crippen molar-refractivity contribution in [3.8, 4) is 0 Å². The molecule has 0 amide bonds. The number of carbonyl (C=O) groups is 1. The molecule has 1 rings (SSSR count). The molecule has 0 spiro atoms. The van der Waals surface area contributed by atoms with E-state index >= 15 is 0 Å². The second kappa shape index (κ2) is 3.67. The summed E-state index contributed by atoms with van der Waals surface area (Å²) < 4.78 is 0. The first kappa shape index (κ1) is 8.46. The zero-order valence-electron chi connectivity index (χ0n) is 6.82. The van der Waals surface area contributed by atoms with Crippen LogP contribution in [0.1, 0.15) is 11.4 Å². The molecule has 12 heavy (non-hydrogen) atoms. The van der Waals surface area contributed by atoms with Crippen molar-refractivity contribution >= 4 is 18.0 Å². The maximum Gasteiger partial charge on any atom is 0.142 e. The first-order valence-corrected chi connectivity index (χ1v) is 3.59. The van der Waals surface area contributed by atoms with Gasteiger partial charge in [0.25, 0.3) is 0 Å².